The minimum Gasteiger partial charge on any atom is -0.383 e. The van der Waals surface area contributed by atoms with Crippen molar-refractivity contribution in [1.82, 2.24) is 14.5 Å². The van der Waals surface area contributed by atoms with Crippen LogP contribution in [0.5, 0.6) is 0 Å². The summed E-state index contributed by atoms with van der Waals surface area (Å²) >= 11 is 1.72. The van der Waals surface area contributed by atoms with Crippen LogP contribution in [0.15, 0.2) is 65.8 Å². The largest absolute Gasteiger partial charge is 0.383 e. The minimum atomic E-state index is 0.669. The maximum atomic E-state index is 5.26. The van der Waals surface area contributed by atoms with Gasteiger partial charge in [0.05, 0.1) is 28.9 Å². The van der Waals surface area contributed by atoms with E-state index in [-0.39, 0.29) is 0 Å². The van der Waals surface area contributed by atoms with Crippen LogP contribution in [0.4, 0.5) is 0 Å². The molecule has 0 amide bonds. The van der Waals surface area contributed by atoms with E-state index in [1.807, 2.05) is 24.3 Å². The molecule has 0 spiro atoms. The zero-order chi connectivity index (χ0) is 17.1. The van der Waals surface area contributed by atoms with E-state index in [1.165, 1.54) is 5.39 Å². The predicted octanol–water partition coefficient (Wildman–Crippen LogP) is 4.52. The van der Waals surface area contributed by atoms with Gasteiger partial charge in [0.1, 0.15) is 0 Å². The van der Waals surface area contributed by atoms with Crippen LogP contribution in [0.3, 0.4) is 0 Å². The van der Waals surface area contributed by atoms with Gasteiger partial charge in [-0.2, -0.15) is 0 Å². The second kappa shape index (κ2) is 7.25. The first-order chi connectivity index (χ1) is 12.3. The van der Waals surface area contributed by atoms with Gasteiger partial charge < -0.3 is 9.30 Å². The van der Waals surface area contributed by atoms with Gasteiger partial charge in [0.15, 0.2) is 5.16 Å². The molecule has 0 atom stereocenters. The van der Waals surface area contributed by atoms with Crippen LogP contribution < -0.4 is 0 Å². The molecule has 0 aliphatic carbocycles. The molecule has 4 nitrogen and oxygen atoms in total. The molecule has 5 heteroatoms. The number of ether oxygens (including phenoxy) is 1. The number of imidazole rings is 1. The van der Waals surface area contributed by atoms with Crippen molar-refractivity contribution in [2.75, 3.05) is 13.7 Å². The van der Waals surface area contributed by atoms with E-state index in [4.69, 9.17) is 14.7 Å². The van der Waals surface area contributed by atoms with Crippen LogP contribution in [0.2, 0.25) is 0 Å². The lowest BCUT2D eigenvalue weighted by atomic mass is 10.2. The number of benzene rings is 2. The molecule has 2 aromatic carbocycles. The first kappa shape index (κ1) is 16.1. The first-order valence-electron chi connectivity index (χ1n) is 8.27. The second-order valence-corrected chi connectivity index (χ2v) is 6.75. The van der Waals surface area contributed by atoms with Crippen LogP contribution >= 0.6 is 11.8 Å². The number of methoxy groups -OCH3 is 1. The molecular formula is C20H19N3OS. The Morgan fingerprint density at radius 3 is 2.60 bits per heavy atom. The third kappa shape index (κ3) is 3.38. The molecule has 126 valence electrons. The van der Waals surface area contributed by atoms with Crippen LogP contribution in [0.1, 0.15) is 5.69 Å². The highest BCUT2D eigenvalue weighted by Gasteiger charge is 2.11. The Labute approximate surface area is 150 Å². The third-order valence-electron chi connectivity index (χ3n) is 4.14. The molecule has 0 bridgehead atoms. The molecule has 4 rings (SSSR count). The van der Waals surface area contributed by atoms with Gasteiger partial charge in [-0.25, -0.2) is 4.98 Å². The number of para-hydroxylation sites is 3. The van der Waals surface area contributed by atoms with Crippen LogP contribution in [-0.4, -0.2) is 28.3 Å². The average molecular weight is 349 g/mol. The number of hydrogen-bond donors (Lipinski definition) is 0. The lowest BCUT2D eigenvalue weighted by Gasteiger charge is -2.08. The number of aromatic nitrogens is 3. The van der Waals surface area contributed by atoms with E-state index < -0.39 is 0 Å². The quantitative estimate of drug-likeness (QED) is 0.480. The van der Waals surface area contributed by atoms with E-state index in [0.29, 0.717) is 6.61 Å². The molecule has 2 aromatic heterocycles. The van der Waals surface area contributed by atoms with Gasteiger partial charge in [-0.3, -0.25) is 4.98 Å². The van der Waals surface area contributed by atoms with Crippen LogP contribution in [0.25, 0.3) is 21.9 Å². The average Bonchev–Trinajstić information content (AvgIpc) is 3.02. The highest BCUT2D eigenvalue weighted by atomic mass is 32.2. The maximum Gasteiger partial charge on any atom is 0.169 e. The molecule has 0 unspecified atom stereocenters. The Bertz CT molecular complexity index is 1010. The molecule has 0 aliphatic heterocycles. The van der Waals surface area contributed by atoms with E-state index in [9.17, 15) is 0 Å². The smallest absolute Gasteiger partial charge is 0.169 e. The van der Waals surface area contributed by atoms with Gasteiger partial charge in [-0.1, -0.05) is 48.2 Å². The fraction of sp³-hybridized carbons (Fsp3) is 0.200. The van der Waals surface area contributed by atoms with Crippen LogP contribution in [-0.2, 0) is 17.0 Å². The Balaban J connectivity index is 1.60. The van der Waals surface area contributed by atoms with E-state index >= 15 is 0 Å². The molecule has 0 aliphatic rings. The fourth-order valence-electron chi connectivity index (χ4n) is 2.89. The van der Waals surface area contributed by atoms with Crippen molar-refractivity contribution in [1.29, 1.82) is 0 Å². The topological polar surface area (TPSA) is 39.9 Å². The molecular weight excluding hydrogens is 330 g/mol. The van der Waals surface area contributed by atoms with E-state index in [2.05, 4.69) is 41.0 Å². The van der Waals surface area contributed by atoms with Crippen LogP contribution in [0, 0.1) is 0 Å². The number of thioether (sulfide) groups is 1. The van der Waals surface area contributed by atoms with Gasteiger partial charge >= 0.3 is 0 Å². The molecule has 0 fully saturated rings. The summed E-state index contributed by atoms with van der Waals surface area (Å²) in [6.45, 7) is 1.46. The van der Waals surface area contributed by atoms with Crippen molar-refractivity contribution in [3.63, 3.8) is 0 Å². The van der Waals surface area contributed by atoms with Gasteiger partial charge in [0, 0.05) is 24.8 Å². The zero-order valence-electron chi connectivity index (χ0n) is 14.1. The number of nitrogens with zero attached hydrogens (tertiary/aromatic N) is 3. The van der Waals surface area contributed by atoms with E-state index in [1.54, 1.807) is 18.9 Å². The lowest BCUT2D eigenvalue weighted by Crippen LogP contribution is -2.05. The minimum absolute atomic E-state index is 0.669. The maximum absolute atomic E-state index is 5.26. The summed E-state index contributed by atoms with van der Waals surface area (Å²) in [5.41, 5.74) is 4.27. The second-order valence-electron chi connectivity index (χ2n) is 5.81. The Morgan fingerprint density at radius 1 is 0.920 bits per heavy atom. The summed E-state index contributed by atoms with van der Waals surface area (Å²) < 4.78 is 7.49. The van der Waals surface area contributed by atoms with Gasteiger partial charge in [0.2, 0.25) is 0 Å². The molecule has 2 heterocycles. The summed E-state index contributed by atoms with van der Waals surface area (Å²) in [4.78, 5) is 9.54. The highest BCUT2D eigenvalue weighted by Crippen LogP contribution is 2.27. The van der Waals surface area contributed by atoms with Crippen molar-refractivity contribution < 1.29 is 4.74 Å². The lowest BCUT2D eigenvalue weighted by molar-refractivity contribution is 0.186. The molecule has 0 saturated heterocycles. The van der Waals surface area contributed by atoms with Crippen molar-refractivity contribution in [2.45, 2.75) is 17.5 Å². The summed E-state index contributed by atoms with van der Waals surface area (Å²) in [6, 6.07) is 20.7. The van der Waals surface area contributed by atoms with Crippen molar-refractivity contribution in [3.05, 3.63) is 66.4 Å². The number of rotatable bonds is 6. The van der Waals surface area contributed by atoms with E-state index in [0.717, 1.165) is 39.7 Å². The first-order valence-corrected chi connectivity index (χ1v) is 9.25. The standard InChI is InChI=1S/C20H19N3OS/c1-24-13-12-23-19-9-5-4-8-18(19)22-20(23)25-14-16-11-10-15-6-2-3-7-17(15)21-16/h2-11H,12-14H2,1H3. The summed E-state index contributed by atoms with van der Waals surface area (Å²) in [7, 11) is 1.73. The SMILES string of the molecule is COCCn1c(SCc2ccc3ccccc3n2)nc2ccccc21. The molecule has 4 aromatic rings. The van der Waals surface area contributed by atoms with Gasteiger partial charge in [-0.05, 0) is 24.3 Å². The fourth-order valence-corrected chi connectivity index (χ4v) is 3.84. The van der Waals surface area contributed by atoms with Gasteiger partial charge in [-0.15, -0.1) is 0 Å². The zero-order valence-corrected chi connectivity index (χ0v) is 14.9. The third-order valence-corrected chi connectivity index (χ3v) is 5.15. The monoisotopic (exact) mass is 349 g/mol. The highest BCUT2D eigenvalue weighted by molar-refractivity contribution is 7.98. The normalized spacial score (nSPS) is 11.4. The Morgan fingerprint density at radius 2 is 1.72 bits per heavy atom. The van der Waals surface area contributed by atoms with Crippen molar-refractivity contribution >= 4 is 33.7 Å². The molecule has 25 heavy (non-hydrogen) atoms. The Kier molecular flexibility index (Phi) is 4.68. The Hall–Kier alpha value is -2.37. The van der Waals surface area contributed by atoms with Crippen molar-refractivity contribution in [3.8, 4) is 0 Å². The predicted molar refractivity (Wildman–Crippen MR) is 103 cm³/mol. The van der Waals surface area contributed by atoms with Crippen molar-refractivity contribution in [2.24, 2.45) is 0 Å². The molecule has 0 radical (unpaired) electrons. The molecule has 0 saturated carbocycles. The molecule has 0 N–H and O–H groups in total. The summed E-state index contributed by atoms with van der Waals surface area (Å²) in [5, 5.41) is 2.18. The summed E-state index contributed by atoms with van der Waals surface area (Å²) in [6.07, 6.45) is 0. The number of hydrogen-bond acceptors (Lipinski definition) is 4. The summed E-state index contributed by atoms with van der Waals surface area (Å²) in [5.74, 6) is 0.793. The number of pyridine rings is 1. The van der Waals surface area contributed by atoms with Gasteiger partial charge in [0.25, 0.3) is 0 Å². The number of fused-ring (bicyclic) bond motifs is 2.